The largest absolute Gasteiger partial charge is 0.493 e. The molecule has 4 heteroatoms. The van der Waals surface area contributed by atoms with Crippen LogP contribution in [-0.2, 0) is 0 Å². The monoisotopic (exact) mass is 188 g/mol. The minimum absolute atomic E-state index is 0.0324. The average Bonchev–Trinajstić information content (AvgIpc) is 2.16. The molecule has 0 aliphatic carbocycles. The molecule has 0 spiro atoms. The lowest BCUT2D eigenvalue weighted by atomic mass is 10.1. The number of methoxy groups -OCH3 is 1. The normalized spacial score (nSPS) is 12.6. The van der Waals surface area contributed by atoms with Gasteiger partial charge in [0.1, 0.15) is 0 Å². The van der Waals surface area contributed by atoms with Gasteiger partial charge in [0, 0.05) is 5.56 Å². The Morgan fingerprint density at radius 3 is 2.77 bits per heavy atom. The minimum Gasteiger partial charge on any atom is -0.493 e. The van der Waals surface area contributed by atoms with Crippen LogP contribution in [0.3, 0.4) is 0 Å². The highest BCUT2D eigenvalue weighted by Gasteiger charge is 2.16. The predicted octanol–water partition coefficient (Wildman–Crippen LogP) is 1.84. The van der Waals surface area contributed by atoms with Crippen molar-refractivity contribution in [3.63, 3.8) is 0 Å². The first-order valence-electron chi connectivity index (χ1n) is 3.78. The van der Waals surface area contributed by atoms with Gasteiger partial charge in [-0.05, 0) is 6.07 Å². The summed E-state index contributed by atoms with van der Waals surface area (Å²) in [7, 11) is 1.26. The maximum Gasteiger partial charge on any atom is 0.165 e. The summed E-state index contributed by atoms with van der Waals surface area (Å²) < 4.78 is 30.6. The van der Waals surface area contributed by atoms with Crippen LogP contribution in [0.25, 0.3) is 0 Å². The van der Waals surface area contributed by atoms with E-state index >= 15 is 0 Å². The third kappa shape index (κ3) is 1.95. The van der Waals surface area contributed by atoms with Crippen molar-refractivity contribution in [2.24, 2.45) is 0 Å². The lowest BCUT2D eigenvalue weighted by Gasteiger charge is -2.10. The third-order valence-electron chi connectivity index (χ3n) is 1.70. The van der Waals surface area contributed by atoms with Crippen LogP contribution >= 0.6 is 0 Å². The summed E-state index contributed by atoms with van der Waals surface area (Å²) >= 11 is 0. The van der Waals surface area contributed by atoms with Crippen molar-refractivity contribution in [2.45, 2.75) is 6.17 Å². The Bertz CT molecular complexity index is 289. The van der Waals surface area contributed by atoms with Gasteiger partial charge in [0.05, 0.1) is 13.7 Å². The van der Waals surface area contributed by atoms with Crippen molar-refractivity contribution in [2.75, 3.05) is 13.7 Å². The summed E-state index contributed by atoms with van der Waals surface area (Å²) in [6, 6.07) is 3.92. The number of para-hydroxylation sites is 1. The Kier molecular flexibility index (Phi) is 3.19. The van der Waals surface area contributed by atoms with Gasteiger partial charge in [-0.15, -0.1) is 0 Å². The number of hydrogen-bond acceptors (Lipinski definition) is 2. The van der Waals surface area contributed by atoms with Gasteiger partial charge in [0.15, 0.2) is 17.7 Å². The first-order valence-corrected chi connectivity index (χ1v) is 3.78. The molecular weight excluding hydrogens is 178 g/mol. The third-order valence-corrected chi connectivity index (χ3v) is 1.70. The Hall–Kier alpha value is -1.16. The van der Waals surface area contributed by atoms with Gasteiger partial charge >= 0.3 is 0 Å². The Balaban J connectivity index is 3.12. The molecule has 1 aromatic carbocycles. The molecule has 1 aromatic rings. The molecule has 0 radical (unpaired) electrons. The predicted molar refractivity (Wildman–Crippen MR) is 43.9 cm³/mol. The van der Waals surface area contributed by atoms with E-state index in [-0.39, 0.29) is 11.3 Å². The average molecular weight is 188 g/mol. The highest BCUT2D eigenvalue weighted by atomic mass is 19.1. The second-order valence-electron chi connectivity index (χ2n) is 2.51. The van der Waals surface area contributed by atoms with Gasteiger partial charge in [-0.3, -0.25) is 0 Å². The number of alkyl halides is 1. The van der Waals surface area contributed by atoms with Gasteiger partial charge in [0.25, 0.3) is 0 Å². The number of halogens is 2. The minimum atomic E-state index is -1.61. The molecular formula is C9H10F2O2. The fourth-order valence-electron chi connectivity index (χ4n) is 1.09. The number of ether oxygens (including phenoxy) is 1. The van der Waals surface area contributed by atoms with Crippen molar-refractivity contribution < 1.29 is 18.6 Å². The van der Waals surface area contributed by atoms with Crippen LogP contribution in [-0.4, -0.2) is 18.8 Å². The number of aliphatic hydroxyl groups excluding tert-OH is 1. The van der Waals surface area contributed by atoms with E-state index in [4.69, 9.17) is 5.11 Å². The molecule has 0 heterocycles. The second kappa shape index (κ2) is 4.18. The Morgan fingerprint density at radius 2 is 2.23 bits per heavy atom. The standard InChI is InChI=1S/C9H10F2O2/c1-13-9-6(8(11)5-12)3-2-4-7(9)10/h2-4,8,12H,5H2,1H3. The summed E-state index contributed by atoms with van der Waals surface area (Å²) in [5.41, 5.74) is 0.0324. The fourth-order valence-corrected chi connectivity index (χ4v) is 1.09. The van der Waals surface area contributed by atoms with Crippen LogP contribution in [0.5, 0.6) is 5.75 Å². The van der Waals surface area contributed by atoms with E-state index in [1.807, 2.05) is 0 Å². The number of hydrogen-bond donors (Lipinski definition) is 1. The van der Waals surface area contributed by atoms with E-state index in [9.17, 15) is 8.78 Å². The molecule has 0 amide bonds. The zero-order valence-electron chi connectivity index (χ0n) is 7.13. The molecule has 0 saturated heterocycles. The van der Waals surface area contributed by atoms with E-state index in [0.29, 0.717) is 0 Å². The molecule has 0 saturated carbocycles. The zero-order valence-corrected chi connectivity index (χ0v) is 7.13. The van der Waals surface area contributed by atoms with E-state index in [1.165, 1.54) is 25.3 Å². The molecule has 1 rings (SSSR count). The molecule has 72 valence electrons. The lowest BCUT2D eigenvalue weighted by Crippen LogP contribution is -2.01. The van der Waals surface area contributed by atoms with Gasteiger partial charge in [-0.1, -0.05) is 12.1 Å². The molecule has 0 fully saturated rings. The molecule has 0 aromatic heterocycles. The van der Waals surface area contributed by atoms with Crippen molar-refractivity contribution in [1.29, 1.82) is 0 Å². The number of rotatable bonds is 3. The number of benzene rings is 1. The summed E-state index contributed by atoms with van der Waals surface area (Å²) in [4.78, 5) is 0. The van der Waals surface area contributed by atoms with Crippen molar-refractivity contribution in [3.8, 4) is 5.75 Å². The maximum absolute atomic E-state index is 13.0. The van der Waals surface area contributed by atoms with Crippen molar-refractivity contribution in [3.05, 3.63) is 29.6 Å². The van der Waals surface area contributed by atoms with Crippen molar-refractivity contribution in [1.82, 2.24) is 0 Å². The molecule has 0 aliphatic rings. The smallest absolute Gasteiger partial charge is 0.165 e. The van der Waals surface area contributed by atoms with Crippen molar-refractivity contribution >= 4 is 0 Å². The highest BCUT2D eigenvalue weighted by molar-refractivity contribution is 5.36. The zero-order chi connectivity index (χ0) is 9.84. The molecule has 0 aliphatic heterocycles. The lowest BCUT2D eigenvalue weighted by molar-refractivity contribution is 0.176. The van der Waals surface area contributed by atoms with Gasteiger partial charge < -0.3 is 9.84 Å². The first-order chi connectivity index (χ1) is 6.20. The van der Waals surface area contributed by atoms with Crippen LogP contribution in [0.2, 0.25) is 0 Å². The van der Waals surface area contributed by atoms with Gasteiger partial charge in [-0.2, -0.15) is 0 Å². The molecule has 1 N–H and O–H groups in total. The molecule has 13 heavy (non-hydrogen) atoms. The molecule has 0 bridgehead atoms. The fraction of sp³-hybridized carbons (Fsp3) is 0.333. The van der Waals surface area contributed by atoms with E-state index in [1.54, 1.807) is 0 Å². The quantitative estimate of drug-likeness (QED) is 0.784. The summed E-state index contributed by atoms with van der Waals surface area (Å²) in [5.74, 6) is -0.778. The van der Waals surface area contributed by atoms with Crippen LogP contribution < -0.4 is 4.74 Å². The van der Waals surface area contributed by atoms with Crippen LogP contribution in [0.1, 0.15) is 11.7 Å². The van der Waals surface area contributed by atoms with Crippen LogP contribution in [0.15, 0.2) is 18.2 Å². The Morgan fingerprint density at radius 1 is 1.54 bits per heavy atom. The summed E-state index contributed by atoms with van der Waals surface area (Å²) in [5, 5.41) is 8.55. The second-order valence-corrected chi connectivity index (χ2v) is 2.51. The van der Waals surface area contributed by atoms with Crippen LogP contribution in [0, 0.1) is 5.82 Å². The number of aliphatic hydroxyl groups is 1. The highest BCUT2D eigenvalue weighted by Crippen LogP contribution is 2.29. The van der Waals surface area contributed by atoms with E-state index in [2.05, 4.69) is 4.74 Å². The first kappa shape index (κ1) is 9.92. The van der Waals surface area contributed by atoms with Gasteiger partial charge in [0.2, 0.25) is 0 Å². The van der Waals surface area contributed by atoms with Gasteiger partial charge in [-0.25, -0.2) is 8.78 Å². The Labute approximate surface area is 74.8 Å². The maximum atomic E-state index is 13.0. The van der Waals surface area contributed by atoms with E-state index < -0.39 is 18.6 Å². The van der Waals surface area contributed by atoms with E-state index in [0.717, 1.165) is 0 Å². The SMILES string of the molecule is COc1c(F)cccc1C(F)CO. The molecule has 2 nitrogen and oxygen atoms in total. The molecule has 1 atom stereocenters. The summed E-state index contributed by atoms with van der Waals surface area (Å²) in [6.07, 6.45) is -1.61. The van der Waals surface area contributed by atoms with Crippen LogP contribution in [0.4, 0.5) is 8.78 Å². The summed E-state index contributed by atoms with van der Waals surface area (Å²) in [6.45, 7) is -0.681. The topological polar surface area (TPSA) is 29.5 Å². The molecule has 1 unspecified atom stereocenters.